The molecule has 102 valence electrons. The van der Waals surface area contributed by atoms with Crippen LogP contribution in [-0.4, -0.2) is 12.1 Å². The molecule has 0 saturated heterocycles. The lowest BCUT2D eigenvalue weighted by atomic mass is 10.2. The zero-order valence-electron chi connectivity index (χ0n) is 11.8. The molecule has 0 aliphatic rings. The molecule has 3 heteroatoms. The highest BCUT2D eigenvalue weighted by Crippen LogP contribution is 2.27. The van der Waals surface area contributed by atoms with Crippen LogP contribution in [0.1, 0.15) is 46.1 Å². The molecule has 1 N–H and O–H groups in total. The van der Waals surface area contributed by atoms with E-state index in [1.165, 1.54) is 5.56 Å². The Bertz CT molecular complexity index is 366. The van der Waals surface area contributed by atoms with Gasteiger partial charge in [0.2, 0.25) is 0 Å². The lowest BCUT2D eigenvalue weighted by Gasteiger charge is -2.16. The molecule has 18 heavy (non-hydrogen) atoms. The van der Waals surface area contributed by atoms with Crippen molar-refractivity contribution in [1.82, 2.24) is 5.32 Å². The normalized spacial score (nSPS) is 12.8. The average molecular weight is 314 g/mol. The maximum Gasteiger partial charge on any atom is 0.133 e. The predicted molar refractivity (Wildman–Crippen MR) is 81.1 cm³/mol. The van der Waals surface area contributed by atoms with Crippen LogP contribution in [0.4, 0.5) is 0 Å². The largest absolute Gasteiger partial charge is 0.490 e. The van der Waals surface area contributed by atoms with E-state index < -0.39 is 0 Å². The van der Waals surface area contributed by atoms with Crippen molar-refractivity contribution < 1.29 is 4.74 Å². The third-order valence-electron chi connectivity index (χ3n) is 2.73. The Hall–Kier alpha value is -0.540. The molecular formula is C15H24BrNO. The van der Waals surface area contributed by atoms with Crippen molar-refractivity contribution in [1.29, 1.82) is 0 Å². The quantitative estimate of drug-likeness (QED) is 0.799. The average Bonchev–Trinajstić information content (AvgIpc) is 2.30. The van der Waals surface area contributed by atoms with E-state index in [-0.39, 0.29) is 6.10 Å². The van der Waals surface area contributed by atoms with E-state index in [9.17, 15) is 0 Å². The van der Waals surface area contributed by atoms with Crippen molar-refractivity contribution in [2.24, 2.45) is 0 Å². The van der Waals surface area contributed by atoms with E-state index in [4.69, 9.17) is 4.74 Å². The SMILES string of the molecule is CCCC(C)Oc1ccc(CNC(C)C)cc1Br. The summed E-state index contributed by atoms with van der Waals surface area (Å²) in [5.41, 5.74) is 1.27. The van der Waals surface area contributed by atoms with Gasteiger partial charge in [0.1, 0.15) is 5.75 Å². The molecule has 0 aromatic heterocycles. The van der Waals surface area contributed by atoms with Gasteiger partial charge in [-0.25, -0.2) is 0 Å². The van der Waals surface area contributed by atoms with E-state index in [0.29, 0.717) is 6.04 Å². The standard InChI is InChI=1S/C15H24BrNO/c1-5-6-12(4)18-15-8-7-13(9-14(15)16)10-17-11(2)3/h7-9,11-12,17H,5-6,10H2,1-4H3. The summed E-state index contributed by atoms with van der Waals surface area (Å²) in [6.45, 7) is 9.48. The van der Waals surface area contributed by atoms with E-state index in [0.717, 1.165) is 29.6 Å². The highest BCUT2D eigenvalue weighted by molar-refractivity contribution is 9.10. The molecule has 1 rings (SSSR count). The van der Waals surface area contributed by atoms with Gasteiger partial charge in [0.15, 0.2) is 0 Å². The Morgan fingerprint density at radius 1 is 1.28 bits per heavy atom. The topological polar surface area (TPSA) is 21.3 Å². The van der Waals surface area contributed by atoms with E-state index in [1.807, 2.05) is 6.07 Å². The zero-order valence-corrected chi connectivity index (χ0v) is 13.4. The first-order valence-corrected chi connectivity index (χ1v) is 7.50. The van der Waals surface area contributed by atoms with Crippen LogP contribution in [0.3, 0.4) is 0 Å². The Balaban J connectivity index is 2.61. The van der Waals surface area contributed by atoms with Gasteiger partial charge in [-0.2, -0.15) is 0 Å². The van der Waals surface area contributed by atoms with Crippen molar-refractivity contribution >= 4 is 15.9 Å². The van der Waals surface area contributed by atoms with Crippen LogP contribution in [0.25, 0.3) is 0 Å². The van der Waals surface area contributed by atoms with Crippen LogP contribution < -0.4 is 10.1 Å². The smallest absolute Gasteiger partial charge is 0.133 e. The van der Waals surface area contributed by atoms with Crippen molar-refractivity contribution in [3.05, 3.63) is 28.2 Å². The van der Waals surface area contributed by atoms with Crippen LogP contribution in [0, 0.1) is 0 Å². The fraction of sp³-hybridized carbons (Fsp3) is 0.600. The molecule has 0 spiro atoms. The molecule has 0 aliphatic heterocycles. The lowest BCUT2D eigenvalue weighted by Crippen LogP contribution is -2.21. The van der Waals surface area contributed by atoms with E-state index in [2.05, 4.69) is 61.1 Å². The second-order valence-corrected chi connectivity index (χ2v) is 5.87. The molecule has 0 aliphatic carbocycles. The number of nitrogens with one attached hydrogen (secondary N) is 1. The maximum absolute atomic E-state index is 5.90. The summed E-state index contributed by atoms with van der Waals surface area (Å²) in [5.74, 6) is 0.934. The minimum Gasteiger partial charge on any atom is -0.490 e. The van der Waals surface area contributed by atoms with Crippen LogP contribution >= 0.6 is 15.9 Å². The van der Waals surface area contributed by atoms with Gasteiger partial charge < -0.3 is 10.1 Å². The molecule has 1 atom stereocenters. The first kappa shape index (κ1) is 15.5. The summed E-state index contributed by atoms with van der Waals surface area (Å²) >= 11 is 3.58. The Morgan fingerprint density at radius 2 is 2.00 bits per heavy atom. The summed E-state index contributed by atoms with van der Waals surface area (Å²) in [4.78, 5) is 0. The van der Waals surface area contributed by atoms with Crippen LogP contribution in [0.5, 0.6) is 5.75 Å². The Morgan fingerprint density at radius 3 is 2.56 bits per heavy atom. The van der Waals surface area contributed by atoms with Gasteiger partial charge in [-0.15, -0.1) is 0 Å². The highest BCUT2D eigenvalue weighted by Gasteiger charge is 2.07. The summed E-state index contributed by atoms with van der Waals surface area (Å²) in [6, 6.07) is 6.80. The molecule has 1 aromatic rings. The summed E-state index contributed by atoms with van der Waals surface area (Å²) < 4.78 is 6.93. The van der Waals surface area contributed by atoms with Crippen molar-refractivity contribution in [3.8, 4) is 5.75 Å². The molecule has 1 unspecified atom stereocenters. The minimum absolute atomic E-state index is 0.269. The molecule has 0 fully saturated rings. The predicted octanol–water partition coefficient (Wildman–Crippen LogP) is 4.51. The first-order valence-electron chi connectivity index (χ1n) is 6.71. The highest BCUT2D eigenvalue weighted by atomic mass is 79.9. The molecule has 2 nitrogen and oxygen atoms in total. The number of benzene rings is 1. The summed E-state index contributed by atoms with van der Waals surface area (Å²) in [5, 5.41) is 3.41. The molecule has 0 bridgehead atoms. The molecule has 1 aromatic carbocycles. The number of halogens is 1. The Kier molecular flexibility index (Phi) is 6.72. The van der Waals surface area contributed by atoms with Gasteiger partial charge in [-0.1, -0.05) is 33.3 Å². The number of ether oxygens (including phenoxy) is 1. The Labute approximate surface area is 119 Å². The van der Waals surface area contributed by atoms with Crippen LogP contribution in [0.15, 0.2) is 22.7 Å². The summed E-state index contributed by atoms with van der Waals surface area (Å²) in [7, 11) is 0. The molecule has 0 radical (unpaired) electrons. The first-order chi connectivity index (χ1) is 8.52. The fourth-order valence-corrected chi connectivity index (χ4v) is 2.27. The number of hydrogen-bond acceptors (Lipinski definition) is 2. The number of rotatable bonds is 7. The van der Waals surface area contributed by atoms with Gasteiger partial charge in [0.05, 0.1) is 10.6 Å². The van der Waals surface area contributed by atoms with Gasteiger partial charge in [0.25, 0.3) is 0 Å². The number of hydrogen-bond donors (Lipinski definition) is 1. The van der Waals surface area contributed by atoms with Gasteiger partial charge in [-0.05, 0) is 47.0 Å². The van der Waals surface area contributed by atoms with Gasteiger partial charge in [-0.3, -0.25) is 0 Å². The summed E-state index contributed by atoms with van der Waals surface area (Å²) in [6.07, 6.45) is 2.50. The van der Waals surface area contributed by atoms with Crippen LogP contribution in [0.2, 0.25) is 0 Å². The monoisotopic (exact) mass is 313 g/mol. The zero-order chi connectivity index (χ0) is 13.5. The van der Waals surface area contributed by atoms with Crippen LogP contribution in [-0.2, 0) is 6.54 Å². The van der Waals surface area contributed by atoms with Gasteiger partial charge >= 0.3 is 0 Å². The third kappa shape index (κ3) is 5.40. The van der Waals surface area contributed by atoms with Crippen molar-refractivity contribution in [3.63, 3.8) is 0 Å². The van der Waals surface area contributed by atoms with E-state index in [1.54, 1.807) is 0 Å². The lowest BCUT2D eigenvalue weighted by molar-refractivity contribution is 0.208. The molecule has 0 heterocycles. The minimum atomic E-state index is 0.269. The molecule has 0 amide bonds. The fourth-order valence-electron chi connectivity index (χ4n) is 1.75. The van der Waals surface area contributed by atoms with Crippen molar-refractivity contribution in [2.75, 3.05) is 0 Å². The maximum atomic E-state index is 5.90. The van der Waals surface area contributed by atoms with E-state index >= 15 is 0 Å². The molecular weight excluding hydrogens is 290 g/mol. The second-order valence-electron chi connectivity index (χ2n) is 5.02. The molecule has 0 saturated carbocycles. The van der Waals surface area contributed by atoms with Crippen molar-refractivity contribution in [2.45, 2.75) is 59.2 Å². The second kappa shape index (κ2) is 7.80. The third-order valence-corrected chi connectivity index (χ3v) is 3.35. The van der Waals surface area contributed by atoms with Gasteiger partial charge in [0, 0.05) is 12.6 Å².